The van der Waals surface area contributed by atoms with Gasteiger partial charge in [0.2, 0.25) is 5.91 Å². The molecule has 2 aromatic rings. The van der Waals surface area contributed by atoms with Crippen molar-refractivity contribution in [2.45, 2.75) is 19.1 Å². The first-order valence-electron chi connectivity index (χ1n) is 8.29. The van der Waals surface area contributed by atoms with E-state index >= 15 is 0 Å². The number of halogens is 1. The molecule has 0 saturated heterocycles. The van der Waals surface area contributed by atoms with E-state index in [2.05, 4.69) is 0 Å². The van der Waals surface area contributed by atoms with Crippen molar-refractivity contribution in [3.05, 3.63) is 65.7 Å². The molecule has 0 saturated carbocycles. The Morgan fingerprint density at radius 1 is 1.11 bits per heavy atom. The van der Waals surface area contributed by atoms with Crippen LogP contribution in [-0.2, 0) is 14.9 Å². The molecule has 2 atom stereocenters. The lowest BCUT2D eigenvalue weighted by Crippen LogP contribution is -2.37. The summed E-state index contributed by atoms with van der Waals surface area (Å²) in [6.45, 7) is 1.92. The number of carbonyl (C=O) groups excluding carboxylic acids is 1. The third-order valence-electron chi connectivity index (χ3n) is 4.07. The normalized spacial score (nSPS) is 13.6. The van der Waals surface area contributed by atoms with E-state index in [9.17, 15) is 18.3 Å². The van der Waals surface area contributed by atoms with Gasteiger partial charge >= 0.3 is 10.1 Å². The summed E-state index contributed by atoms with van der Waals surface area (Å²) in [6, 6.07) is 15.2. The quantitative estimate of drug-likeness (QED) is 0.533. The Morgan fingerprint density at radius 2 is 1.70 bits per heavy atom. The third-order valence-corrected chi connectivity index (χ3v) is 4.79. The molecule has 6 nitrogen and oxygen atoms in total. The van der Waals surface area contributed by atoms with Crippen LogP contribution in [0, 0.1) is 0 Å². The summed E-state index contributed by atoms with van der Waals surface area (Å²) in [6.07, 6.45) is -0.00766. The maximum Gasteiger partial charge on any atom is 0.306 e. The molecule has 0 aromatic heterocycles. The lowest BCUT2D eigenvalue weighted by atomic mass is 10.0. The monoisotopic (exact) mass is 411 g/mol. The molecule has 1 amide bonds. The lowest BCUT2D eigenvalue weighted by molar-refractivity contribution is -0.132. The highest BCUT2D eigenvalue weighted by Crippen LogP contribution is 2.25. The first-order chi connectivity index (χ1) is 12.7. The zero-order valence-corrected chi connectivity index (χ0v) is 16.7. The molecule has 0 heterocycles. The van der Waals surface area contributed by atoms with Crippen LogP contribution in [0.3, 0.4) is 0 Å². The van der Waals surface area contributed by atoms with E-state index in [0.29, 0.717) is 5.56 Å². The summed E-state index contributed by atoms with van der Waals surface area (Å²) in [5.41, 5.74) is 1.46. The summed E-state index contributed by atoms with van der Waals surface area (Å²) < 4.78 is 27.1. The molecule has 2 aromatic carbocycles. The van der Waals surface area contributed by atoms with Crippen molar-refractivity contribution in [2.75, 3.05) is 18.7 Å². The molecule has 0 unspecified atom stereocenters. The minimum absolute atomic E-state index is 0.0495. The molecule has 8 heteroatoms. The molecule has 0 bridgehead atoms. The smallest absolute Gasteiger partial charge is 0.306 e. The van der Waals surface area contributed by atoms with Gasteiger partial charge in [-0.05, 0) is 30.2 Å². The SMILES string of the molecule is C[C@H](c1ccccc1)N(C[C@@H](O)c1ccc(OS(C)(=O)=O)cc1)C(=O)CCl. The fourth-order valence-corrected chi connectivity index (χ4v) is 3.29. The van der Waals surface area contributed by atoms with Gasteiger partial charge in [-0.3, -0.25) is 4.79 Å². The maximum atomic E-state index is 12.3. The van der Waals surface area contributed by atoms with E-state index in [0.717, 1.165) is 11.8 Å². The van der Waals surface area contributed by atoms with Crippen LogP contribution >= 0.6 is 11.6 Å². The van der Waals surface area contributed by atoms with Crippen molar-refractivity contribution in [3.63, 3.8) is 0 Å². The van der Waals surface area contributed by atoms with Crippen molar-refractivity contribution < 1.29 is 22.5 Å². The van der Waals surface area contributed by atoms with Crippen LogP contribution in [0.5, 0.6) is 5.75 Å². The Bertz CT molecular complexity index is 855. The van der Waals surface area contributed by atoms with Gasteiger partial charge in [0, 0.05) is 0 Å². The first kappa shape index (κ1) is 21.2. The Balaban J connectivity index is 2.16. The number of hydrogen-bond acceptors (Lipinski definition) is 5. The summed E-state index contributed by atoms with van der Waals surface area (Å²) >= 11 is 5.74. The van der Waals surface area contributed by atoms with Crippen LogP contribution in [0.15, 0.2) is 54.6 Å². The van der Waals surface area contributed by atoms with Crippen molar-refractivity contribution in [1.29, 1.82) is 0 Å². The van der Waals surface area contributed by atoms with Gasteiger partial charge in [0.25, 0.3) is 0 Å². The molecule has 27 heavy (non-hydrogen) atoms. The number of carbonyl (C=O) groups is 1. The van der Waals surface area contributed by atoms with E-state index in [1.54, 1.807) is 12.1 Å². The highest BCUT2D eigenvalue weighted by Gasteiger charge is 2.24. The van der Waals surface area contributed by atoms with Crippen LogP contribution < -0.4 is 4.18 Å². The van der Waals surface area contributed by atoms with E-state index in [1.165, 1.54) is 17.0 Å². The Kier molecular flexibility index (Phi) is 7.24. The molecule has 0 spiro atoms. The summed E-state index contributed by atoms with van der Waals surface area (Å²) in [5.74, 6) is -0.325. The highest BCUT2D eigenvalue weighted by atomic mass is 35.5. The standard InChI is InChI=1S/C19H22ClNO5S/c1-14(15-6-4-3-5-7-15)21(19(23)12-20)13-18(22)16-8-10-17(11-9-16)26-27(2,24)25/h3-11,14,18,22H,12-13H2,1-2H3/t14-,18-/m1/s1. The van der Waals surface area contributed by atoms with Gasteiger partial charge in [-0.15, -0.1) is 11.6 Å². The summed E-state index contributed by atoms with van der Waals surface area (Å²) in [5, 5.41) is 10.6. The molecule has 0 aliphatic carbocycles. The number of rotatable bonds is 8. The van der Waals surface area contributed by atoms with E-state index < -0.39 is 16.2 Å². The second-order valence-corrected chi connectivity index (χ2v) is 7.98. The Morgan fingerprint density at radius 3 is 2.22 bits per heavy atom. The number of aliphatic hydroxyl groups is 1. The van der Waals surface area contributed by atoms with Gasteiger partial charge in [-0.1, -0.05) is 42.5 Å². The van der Waals surface area contributed by atoms with Crippen LogP contribution in [-0.4, -0.2) is 43.0 Å². The minimum Gasteiger partial charge on any atom is -0.387 e. The average Bonchev–Trinajstić information content (AvgIpc) is 2.64. The summed E-state index contributed by atoms with van der Waals surface area (Å²) in [7, 11) is -3.62. The molecule has 2 rings (SSSR count). The molecule has 0 fully saturated rings. The van der Waals surface area contributed by atoms with Crippen molar-refractivity contribution in [2.24, 2.45) is 0 Å². The van der Waals surface area contributed by atoms with Gasteiger partial charge in [0.15, 0.2) is 0 Å². The van der Waals surface area contributed by atoms with Crippen molar-refractivity contribution in [1.82, 2.24) is 4.90 Å². The van der Waals surface area contributed by atoms with E-state index in [1.807, 2.05) is 37.3 Å². The van der Waals surface area contributed by atoms with Gasteiger partial charge < -0.3 is 14.2 Å². The number of amides is 1. The molecular formula is C19H22ClNO5S. The fourth-order valence-electron chi connectivity index (χ4n) is 2.68. The van der Waals surface area contributed by atoms with Gasteiger partial charge in [0.1, 0.15) is 11.6 Å². The molecule has 0 radical (unpaired) electrons. The zero-order chi connectivity index (χ0) is 20.0. The number of nitrogens with zero attached hydrogens (tertiary/aromatic N) is 1. The second kappa shape index (κ2) is 9.21. The molecule has 1 N–H and O–H groups in total. The first-order valence-corrected chi connectivity index (χ1v) is 10.6. The number of alkyl halides is 1. The maximum absolute atomic E-state index is 12.3. The molecule has 146 valence electrons. The molecule has 0 aliphatic rings. The van der Waals surface area contributed by atoms with Gasteiger partial charge in [-0.25, -0.2) is 0 Å². The minimum atomic E-state index is -3.62. The Labute approximate surface area is 164 Å². The summed E-state index contributed by atoms with van der Waals surface area (Å²) in [4.78, 5) is 13.8. The molecule has 0 aliphatic heterocycles. The Hall–Kier alpha value is -2.09. The number of aliphatic hydroxyl groups excluding tert-OH is 1. The van der Waals surface area contributed by atoms with E-state index in [4.69, 9.17) is 15.8 Å². The topological polar surface area (TPSA) is 83.9 Å². The van der Waals surface area contributed by atoms with Crippen molar-refractivity contribution in [3.8, 4) is 5.75 Å². The van der Waals surface area contributed by atoms with Crippen LogP contribution in [0.2, 0.25) is 0 Å². The van der Waals surface area contributed by atoms with Gasteiger partial charge in [0.05, 0.1) is 24.9 Å². The lowest BCUT2D eigenvalue weighted by Gasteiger charge is -2.31. The predicted octanol–water partition coefficient (Wildman–Crippen LogP) is 2.89. The highest BCUT2D eigenvalue weighted by molar-refractivity contribution is 7.86. The zero-order valence-electron chi connectivity index (χ0n) is 15.1. The van der Waals surface area contributed by atoms with E-state index in [-0.39, 0.29) is 30.1 Å². The average molecular weight is 412 g/mol. The largest absolute Gasteiger partial charge is 0.387 e. The second-order valence-electron chi connectivity index (χ2n) is 6.14. The predicted molar refractivity (Wildman–Crippen MR) is 104 cm³/mol. The van der Waals surface area contributed by atoms with Gasteiger partial charge in [-0.2, -0.15) is 8.42 Å². The van der Waals surface area contributed by atoms with Crippen molar-refractivity contribution >= 4 is 27.6 Å². The van der Waals surface area contributed by atoms with Crippen LogP contribution in [0.1, 0.15) is 30.2 Å². The third kappa shape index (κ3) is 6.23. The van der Waals surface area contributed by atoms with Crippen LogP contribution in [0.25, 0.3) is 0 Å². The number of benzene rings is 2. The number of hydrogen-bond donors (Lipinski definition) is 1. The molecular weight excluding hydrogens is 390 g/mol. The fraction of sp³-hybridized carbons (Fsp3) is 0.316. The van der Waals surface area contributed by atoms with Crippen LogP contribution in [0.4, 0.5) is 0 Å².